The number of piperidine rings is 1. The molecule has 0 aromatic heterocycles. The summed E-state index contributed by atoms with van der Waals surface area (Å²) in [6, 6.07) is 8.31. The van der Waals surface area contributed by atoms with Gasteiger partial charge in [-0.1, -0.05) is 26.0 Å². The lowest BCUT2D eigenvalue weighted by molar-refractivity contribution is -0.138. The maximum atomic E-state index is 13.5. The molecule has 2 aromatic carbocycles. The second kappa shape index (κ2) is 12.4. The Morgan fingerprint density at radius 3 is 2.25 bits per heavy atom. The van der Waals surface area contributed by atoms with Gasteiger partial charge in [0.15, 0.2) is 0 Å². The number of carbonyl (C=O) groups is 4. The molecule has 0 saturated carbocycles. The fourth-order valence-corrected chi connectivity index (χ4v) is 4.75. The van der Waals surface area contributed by atoms with Crippen LogP contribution in [0.15, 0.2) is 42.5 Å². The van der Waals surface area contributed by atoms with Gasteiger partial charge < -0.3 is 35.8 Å². The number of aromatic hydroxyl groups is 1. The van der Waals surface area contributed by atoms with Crippen molar-refractivity contribution in [2.45, 2.75) is 64.3 Å². The van der Waals surface area contributed by atoms with Gasteiger partial charge in [-0.2, -0.15) is 0 Å². The summed E-state index contributed by atoms with van der Waals surface area (Å²) in [5.74, 6) is -1.92. The Balaban J connectivity index is 1.67. The van der Waals surface area contributed by atoms with Crippen LogP contribution < -0.4 is 20.7 Å². The molecule has 3 aliphatic rings. The summed E-state index contributed by atoms with van der Waals surface area (Å²) in [4.78, 5) is 54.5. The highest BCUT2D eigenvalue weighted by molar-refractivity contribution is 6.00. The molecule has 0 spiro atoms. The number of carbonyl (C=O) groups excluding carboxylic acids is 4. The second-order valence-corrected chi connectivity index (χ2v) is 10.7. The number of nitrogens with one attached hydrogen (secondary N) is 3. The third kappa shape index (κ3) is 6.90. The summed E-state index contributed by atoms with van der Waals surface area (Å²) >= 11 is 0. The van der Waals surface area contributed by atoms with Crippen molar-refractivity contribution in [3.8, 4) is 17.2 Å². The molecule has 0 unspecified atom stereocenters. The van der Waals surface area contributed by atoms with Gasteiger partial charge in [-0.25, -0.2) is 0 Å². The van der Waals surface area contributed by atoms with E-state index in [2.05, 4.69) is 16.0 Å². The number of rotatable bonds is 2. The molecule has 4 bridgehead atoms. The van der Waals surface area contributed by atoms with E-state index in [-0.39, 0.29) is 29.6 Å². The van der Waals surface area contributed by atoms with Gasteiger partial charge in [-0.3, -0.25) is 19.2 Å². The molecule has 0 aliphatic carbocycles. The van der Waals surface area contributed by atoms with Gasteiger partial charge in [0, 0.05) is 19.5 Å². The number of fused-ring (bicyclic) bond motifs is 11. The number of phenolic OH excluding ortho intramolecular Hbond substituents is 1. The Morgan fingerprint density at radius 2 is 1.60 bits per heavy atom. The Morgan fingerprint density at radius 1 is 0.950 bits per heavy atom. The molecule has 5 N–H and O–H groups in total. The second-order valence-electron chi connectivity index (χ2n) is 10.7. The first kappa shape index (κ1) is 28.9. The molecular weight excluding hydrogens is 516 g/mol. The van der Waals surface area contributed by atoms with Crippen LogP contribution in [0.4, 0.5) is 0 Å². The first-order valence-electron chi connectivity index (χ1n) is 13.5. The van der Waals surface area contributed by atoms with Crippen LogP contribution in [0.1, 0.15) is 49.5 Å². The van der Waals surface area contributed by atoms with E-state index in [1.54, 1.807) is 43.0 Å². The van der Waals surface area contributed by atoms with E-state index in [0.717, 1.165) is 5.56 Å². The van der Waals surface area contributed by atoms with Crippen molar-refractivity contribution >= 4 is 23.6 Å². The number of phenols is 1. The third-order valence-electron chi connectivity index (χ3n) is 7.19. The molecule has 4 amide bonds. The summed E-state index contributed by atoms with van der Waals surface area (Å²) in [6.45, 7) is 5.76. The lowest BCUT2D eigenvalue weighted by Gasteiger charge is -2.33. The van der Waals surface area contributed by atoms with E-state index < -0.39 is 42.0 Å². The zero-order valence-corrected chi connectivity index (χ0v) is 22.8. The number of benzene rings is 2. The van der Waals surface area contributed by atoms with Gasteiger partial charge in [0.2, 0.25) is 17.7 Å². The van der Waals surface area contributed by atoms with E-state index >= 15 is 0 Å². The number of hydrogen-bond acceptors (Lipinski definition) is 7. The minimum atomic E-state index is -1.00. The topological polar surface area (TPSA) is 157 Å². The Bertz CT molecular complexity index is 1260. The summed E-state index contributed by atoms with van der Waals surface area (Å²) in [6.07, 6.45) is 0.683. The number of nitrogens with zero attached hydrogens (tertiary/aromatic N) is 1. The minimum absolute atomic E-state index is 0.0638. The maximum Gasteiger partial charge on any atom is 0.255 e. The van der Waals surface area contributed by atoms with Crippen LogP contribution >= 0.6 is 0 Å². The van der Waals surface area contributed by atoms with Gasteiger partial charge >= 0.3 is 0 Å². The highest BCUT2D eigenvalue weighted by Gasteiger charge is 2.32. The van der Waals surface area contributed by atoms with Crippen molar-refractivity contribution in [2.24, 2.45) is 5.92 Å². The fraction of sp³-hybridized carbons (Fsp3) is 0.448. The molecule has 11 nitrogen and oxygen atoms in total. The van der Waals surface area contributed by atoms with Crippen molar-refractivity contribution in [1.29, 1.82) is 0 Å². The van der Waals surface area contributed by atoms with Gasteiger partial charge in [-0.15, -0.1) is 0 Å². The van der Waals surface area contributed by atoms with Crippen molar-refractivity contribution < 1.29 is 34.1 Å². The number of hydrogen-bond donors (Lipinski definition) is 5. The molecular formula is C29H36N4O7. The SMILES string of the molecule is CC(C)[C@@H]1NC(=O)c2cc(ccc2O)Oc2ccc(cc2)C[C@H](C(=O)N2CCC(O)CC2)NC(=O)[C@H](C)NC1=O. The molecule has 1 fully saturated rings. The Hall–Kier alpha value is -4.12. The number of likely N-dealkylation sites (tertiary alicyclic amines) is 1. The van der Waals surface area contributed by atoms with Gasteiger partial charge in [0.05, 0.1) is 11.7 Å². The van der Waals surface area contributed by atoms with Crippen LogP contribution in [-0.4, -0.2) is 76.1 Å². The largest absolute Gasteiger partial charge is 0.507 e. The molecule has 3 atom stereocenters. The first-order chi connectivity index (χ1) is 19.0. The molecule has 214 valence electrons. The van der Waals surface area contributed by atoms with Crippen LogP contribution in [0.25, 0.3) is 0 Å². The number of ether oxygens (including phenoxy) is 1. The lowest BCUT2D eigenvalue weighted by atomic mass is 10.0. The van der Waals surface area contributed by atoms with Gasteiger partial charge in [0.25, 0.3) is 5.91 Å². The normalized spacial score (nSPS) is 23.0. The van der Waals surface area contributed by atoms with Crippen molar-refractivity contribution in [2.75, 3.05) is 13.1 Å². The van der Waals surface area contributed by atoms with Crippen molar-refractivity contribution in [3.63, 3.8) is 0 Å². The van der Waals surface area contributed by atoms with E-state index in [1.165, 1.54) is 25.1 Å². The van der Waals surface area contributed by atoms with E-state index in [4.69, 9.17) is 4.74 Å². The average molecular weight is 553 g/mol. The van der Waals surface area contributed by atoms with Gasteiger partial charge in [-0.05, 0) is 61.6 Å². The summed E-state index contributed by atoms with van der Waals surface area (Å²) in [5, 5.41) is 28.2. The minimum Gasteiger partial charge on any atom is -0.507 e. The molecule has 2 aromatic rings. The zero-order chi connectivity index (χ0) is 29.0. The zero-order valence-electron chi connectivity index (χ0n) is 22.8. The van der Waals surface area contributed by atoms with Crippen LogP contribution in [0, 0.1) is 5.92 Å². The van der Waals surface area contributed by atoms with Crippen LogP contribution in [-0.2, 0) is 20.8 Å². The Labute approximate surface area is 232 Å². The molecule has 40 heavy (non-hydrogen) atoms. The van der Waals surface area contributed by atoms with Crippen molar-refractivity contribution in [3.05, 3.63) is 53.6 Å². The fourth-order valence-electron chi connectivity index (χ4n) is 4.75. The molecule has 3 heterocycles. The predicted octanol–water partition coefficient (Wildman–Crippen LogP) is 1.47. The smallest absolute Gasteiger partial charge is 0.255 e. The van der Waals surface area contributed by atoms with E-state index in [0.29, 0.717) is 37.4 Å². The number of aliphatic hydroxyl groups is 1. The summed E-state index contributed by atoms with van der Waals surface area (Å²) in [7, 11) is 0. The number of aliphatic hydroxyl groups excluding tert-OH is 1. The average Bonchev–Trinajstić information content (AvgIpc) is 2.92. The summed E-state index contributed by atoms with van der Waals surface area (Å²) in [5.41, 5.74) is 0.706. The quantitative estimate of drug-likeness (QED) is 0.353. The van der Waals surface area contributed by atoms with Crippen LogP contribution in [0.2, 0.25) is 0 Å². The molecule has 5 rings (SSSR count). The molecule has 3 aliphatic heterocycles. The standard InChI is InChI=1S/C29H36N4O7/c1-16(2)25-28(38)30-17(3)26(36)31-23(29(39)33-12-10-19(34)11-13-33)14-18-4-6-20(7-5-18)40-21-8-9-24(35)22(15-21)27(37)32-25/h4-9,15-17,19,23,25,34-35H,10-14H2,1-3H3,(H,30,38)(H,31,36)(H,32,37)/t17-,23+,25-/m0/s1. The number of amides is 4. The predicted molar refractivity (Wildman–Crippen MR) is 146 cm³/mol. The monoisotopic (exact) mass is 552 g/mol. The van der Waals surface area contributed by atoms with Crippen LogP contribution in [0.5, 0.6) is 17.2 Å². The molecule has 0 radical (unpaired) electrons. The molecule has 1 saturated heterocycles. The van der Waals surface area contributed by atoms with Gasteiger partial charge in [0.1, 0.15) is 35.4 Å². The van der Waals surface area contributed by atoms with E-state index in [9.17, 15) is 29.4 Å². The lowest BCUT2D eigenvalue weighted by Crippen LogP contribution is -2.58. The van der Waals surface area contributed by atoms with Crippen molar-refractivity contribution in [1.82, 2.24) is 20.9 Å². The summed E-state index contributed by atoms with van der Waals surface area (Å²) < 4.78 is 5.89. The highest BCUT2D eigenvalue weighted by atomic mass is 16.5. The maximum absolute atomic E-state index is 13.5. The van der Waals surface area contributed by atoms with E-state index in [1.807, 2.05) is 0 Å². The molecule has 11 heteroatoms. The Kier molecular flexibility index (Phi) is 8.93. The third-order valence-corrected chi connectivity index (χ3v) is 7.19. The highest BCUT2D eigenvalue weighted by Crippen LogP contribution is 2.28. The van der Waals surface area contributed by atoms with Crippen LogP contribution in [0.3, 0.4) is 0 Å². The first-order valence-corrected chi connectivity index (χ1v) is 13.5.